The van der Waals surface area contributed by atoms with E-state index >= 15 is 0 Å². The molecule has 0 aliphatic heterocycles. The highest BCUT2D eigenvalue weighted by Crippen LogP contribution is 2.45. The van der Waals surface area contributed by atoms with Gasteiger partial charge in [-0.25, -0.2) is 9.13 Å². The van der Waals surface area contributed by atoms with Crippen molar-refractivity contribution in [3.05, 3.63) is 170 Å². The summed E-state index contributed by atoms with van der Waals surface area (Å²) in [5.41, 5.74) is 0. The van der Waals surface area contributed by atoms with Crippen LogP contribution in [0.3, 0.4) is 0 Å². The molecule has 590 valence electrons. The van der Waals surface area contributed by atoms with E-state index in [0.29, 0.717) is 32.1 Å². The van der Waals surface area contributed by atoms with Crippen LogP contribution in [0.5, 0.6) is 0 Å². The molecule has 19 heteroatoms. The lowest BCUT2D eigenvalue weighted by atomic mass is 10.1. The lowest BCUT2D eigenvalue weighted by molar-refractivity contribution is -0.161. The second kappa shape index (κ2) is 75.6. The van der Waals surface area contributed by atoms with Gasteiger partial charge < -0.3 is 33.8 Å². The minimum Gasteiger partial charge on any atom is -0.462 e. The zero-order valence-electron chi connectivity index (χ0n) is 64.4. The first kappa shape index (κ1) is 98.4. The Balaban J connectivity index is 5.45. The van der Waals surface area contributed by atoms with E-state index in [-0.39, 0.29) is 25.7 Å². The number of unbranched alkanes of at least 4 members (excludes halogenated alkanes) is 18. The Labute approximate surface area is 629 Å². The summed E-state index contributed by atoms with van der Waals surface area (Å²) in [5.74, 6) is -2.29. The molecule has 0 heterocycles. The van der Waals surface area contributed by atoms with Crippen LogP contribution in [0.1, 0.15) is 285 Å². The average molecular weight is 1490 g/mol. The zero-order valence-corrected chi connectivity index (χ0v) is 66.2. The van der Waals surface area contributed by atoms with Crippen molar-refractivity contribution in [2.45, 2.75) is 303 Å². The monoisotopic (exact) mass is 1490 g/mol. The van der Waals surface area contributed by atoms with Crippen LogP contribution in [0.4, 0.5) is 0 Å². The summed E-state index contributed by atoms with van der Waals surface area (Å²) in [6.45, 7) is 4.30. The van der Waals surface area contributed by atoms with Crippen LogP contribution in [0.25, 0.3) is 0 Å². The number of carbonyl (C=O) groups excluding carboxylic acids is 4. The smallest absolute Gasteiger partial charge is 0.462 e. The highest BCUT2D eigenvalue weighted by Gasteiger charge is 2.30. The summed E-state index contributed by atoms with van der Waals surface area (Å²) in [5, 5.41) is 10.6. The molecule has 5 unspecified atom stereocenters. The van der Waals surface area contributed by atoms with Crippen molar-refractivity contribution in [2.24, 2.45) is 0 Å². The predicted molar refractivity (Wildman–Crippen MR) is 426 cm³/mol. The molecular weight excluding hydrogens is 1350 g/mol. The molecular formula is C85H138O17P2. The Morgan fingerprint density at radius 1 is 0.269 bits per heavy atom. The third-order valence-corrected chi connectivity index (χ3v) is 17.6. The topological polar surface area (TPSA) is 237 Å². The molecule has 0 radical (unpaired) electrons. The van der Waals surface area contributed by atoms with Crippen LogP contribution in [-0.4, -0.2) is 96.7 Å². The van der Waals surface area contributed by atoms with Crippen molar-refractivity contribution in [3.63, 3.8) is 0 Å². The maximum Gasteiger partial charge on any atom is 0.472 e. The Morgan fingerprint density at radius 2 is 0.471 bits per heavy atom. The molecule has 0 saturated carbocycles. The molecule has 0 rings (SSSR count). The van der Waals surface area contributed by atoms with Gasteiger partial charge in [-0.2, -0.15) is 0 Å². The molecule has 0 aromatic rings. The maximum absolute atomic E-state index is 13.1. The minimum atomic E-state index is -5.00. The number of rotatable bonds is 72. The van der Waals surface area contributed by atoms with Crippen LogP contribution >= 0.6 is 15.6 Å². The highest BCUT2D eigenvalue weighted by molar-refractivity contribution is 7.47. The van der Waals surface area contributed by atoms with Crippen LogP contribution < -0.4 is 0 Å². The lowest BCUT2D eigenvalue weighted by Crippen LogP contribution is -2.30. The summed E-state index contributed by atoms with van der Waals surface area (Å²) in [7, 11) is -10.00. The van der Waals surface area contributed by atoms with Crippen LogP contribution in [-0.2, 0) is 65.4 Å². The Kier molecular flexibility index (Phi) is 71.6. The SMILES string of the molecule is CC/C=C\C/C=C\C/C=C\C/C=C\CCCCCCC(=O)OCC(COP(=O)(O)OCC(O)COP(=O)(O)OCC(COC(=O)CCCCCCCCC/C=C\C/C=C\C/C=C\CC)OC(=O)CCCC/C=C\C/C=C\C/C=C\C/C=C\CC)OC(=O)CCCCCCC/C=C\C/C=C\C/C=C\CC. The first-order valence-electron chi connectivity index (χ1n) is 39.4. The number of hydrogen-bond donors (Lipinski definition) is 3. The van der Waals surface area contributed by atoms with Crippen molar-refractivity contribution >= 4 is 39.5 Å². The molecule has 3 N–H and O–H groups in total. The molecule has 0 aliphatic carbocycles. The number of hydrogen-bond acceptors (Lipinski definition) is 15. The zero-order chi connectivity index (χ0) is 76.0. The number of carbonyl (C=O) groups is 4. The third kappa shape index (κ3) is 74.7. The van der Waals surface area contributed by atoms with Gasteiger partial charge in [0.2, 0.25) is 0 Å². The van der Waals surface area contributed by atoms with Crippen molar-refractivity contribution in [1.82, 2.24) is 0 Å². The summed E-state index contributed by atoms with van der Waals surface area (Å²) in [6.07, 6.45) is 89.1. The van der Waals surface area contributed by atoms with Gasteiger partial charge in [-0.05, 0) is 167 Å². The summed E-state index contributed by atoms with van der Waals surface area (Å²) in [4.78, 5) is 73.0. The van der Waals surface area contributed by atoms with Crippen LogP contribution in [0, 0.1) is 0 Å². The number of ether oxygens (including phenoxy) is 4. The van der Waals surface area contributed by atoms with E-state index in [1.165, 1.54) is 0 Å². The molecule has 0 bridgehead atoms. The summed E-state index contributed by atoms with van der Waals surface area (Å²) < 4.78 is 68.5. The van der Waals surface area contributed by atoms with Gasteiger partial charge in [0.15, 0.2) is 12.2 Å². The van der Waals surface area contributed by atoms with Crippen LogP contribution in [0.2, 0.25) is 0 Å². The maximum atomic E-state index is 13.1. The largest absolute Gasteiger partial charge is 0.472 e. The number of esters is 4. The lowest BCUT2D eigenvalue weighted by Gasteiger charge is -2.21. The highest BCUT2D eigenvalue weighted by atomic mass is 31.2. The van der Waals surface area contributed by atoms with E-state index in [0.717, 1.165) is 199 Å². The molecule has 0 amide bonds. The Hall–Kier alpha value is -5.58. The fraction of sp³-hybridized carbons (Fsp3) is 0.624. The number of allylic oxidation sites excluding steroid dienone is 28. The number of aliphatic hydroxyl groups excluding tert-OH is 1. The second-order valence-electron chi connectivity index (χ2n) is 25.5. The molecule has 0 aromatic heterocycles. The van der Waals surface area contributed by atoms with Gasteiger partial charge in [-0.3, -0.25) is 37.3 Å². The minimum absolute atomic E-state index is 0.0339. The standard InChI is InChI=1S/C85H138O17P2/c1-5-9-13-17-21-25-29-33-37-39-43-45-49-53-57-61-65-69-82(87)95-75-80(101-84(89)71-67-63-59-55-51-47-41-35-31-27-23-19-15-11-7-3)77-99-103(91,92)97-73-79(86)74-98-104(93,94)100-78-81(102-85(90)72-68-64-60-56-52-48-42-36-32-28-24-20-16-12-8-4)76-96-83(88)70-66-62-58-54-50-46-44-40-38-34-30-26-22-18-14-10-6-2/h9-16,21-28,33-38,41-43,45,52,56,79-81,86H,5-8,17-20,29-32,39-40,44,46-51,53-55,57-78H2,1-4H3,(H,91,92)(H,93,94)/b13-9-,14-10-,15-11-,16-12-,25-21-,26-22-,27-23-,28-24-,37-33-,38-34-,41-35-,42-36-,45-43-,56-52-. The van der Waals surface area contributed by atoms with E-state index in [4.69, 9.17) is 37.0 Å². The van der Waals surface area contributed by atoms with Gasteiger partial charge in [-0.1, -0.05) is 262 Å². The van der Waals surface area contributed by atoms with Crippen molar-refractivity contribution < 1.29 is 80.2 Å². The van der Waals surface area contributed by atoms with E-state index in [1.54, 1.807) is 0 Å². The average Bonchev–Trinajstić information content (AvgIpc) is 0.937. The third-order valence-electron chi connectivity index (χ3n) is 15.7. The summed E-state index contributed by atoms with van der Waals surface area (Å²) in [6, 6.07) is 0. The van der Waals surface area contributed by atoms with Gasteiger partial charge in [0.25, 0.3) is 0 Å². The van der Waals surface area contributed by atoms with Crippen molar-refractivity contribution in [3.8, 4) is 0 Å². The van der Waals surface area contributed by atoms with Gasteiger partial charge in [0.1, 0.15) is 19.3 Å². The molecule has 104 heavy (non-hydrogen) atoms. The van der Waals surface area contributed by atoms with Crippen LogP contribution in [0.15, 0.2) is 170 Å². The molecule has 5 atom stereocenters. The van der Waals surface area contributed by atoms with Crippen molar-refractivity contribution in [2.75, 3.05) is 39.6 Å². The molecule has 0 aromatic carbocycles. The van der Waals surface area contributed by atoms with Crippen molar-refractivity contribution in [1.29, 1.82) is 0 Å². The van der Waals surface area contributed by atoms with Gasteiger partial charge in [0, 0.05) is 25.7 Å². The van der Waals surface area contributed by atoms with E-state index < -0.39 is 97.5 Å². The van der Waals surface area contributed by atoms with Gasteiger partial charge in [-0.15, -0.1) is 0 Å². The molecule has 17 nitrogen and oxygen atoms in total. The quantitative estimate of drug-likeness (QED) is 0.0169. The normalized spacial score (nSPS) is 14.8. The first-order valence-corrected chi connectivity index (χ1v) is 42.4. The second-order valence-corrected chi connectivity index (χ2v) is 28.4. The molecule has 0 fully saturated rings. The fourth-order valence-corrected chi connectivity index (χ4v) is 11.4. The Morgan fingerprint density at radius 3 is 0.740 bits per heavy atom. The molecule has 0 spiro atoms. The predicted octanol–water partition coefficient (Wildman–Crippen LogP) is 23.0. The number of phosphoric ester groups is 2. The Bertz CT molecular complexity index is 2640. The summed E-state index contributed by atoms with van der Waals surface area (Å²) >= 11 is 0. The number of phosphoric acid groups is 2. The molecule has 0 saturated heterocycles. The molecule has 0 aliphatic rings. The van der Waals surface area contributed by atoms with E-state index in [1.807, 2.05) is 0 Å². The fourth-order valence-electron chi connectivity index (χ4n) is 9.82. The first-order chi connectivity index (χ1) is 50.7. The van der Waals surface area contributed by atoms with E-state index in [9.17, 15) is 43.2 Å². The van der Waals surface area contributed by atoms with E-state index in [2.05, 4.69) is 198 Å². The number of aliphatic hydroxyl groups is 1. The van der Waals surface area contributed by atoms with Gasteiger partial charge in [0.05, 0.1) is 26.4 Å². The van der Waals surface area contributed by atoms with Gasteiger partial charge >= 0.3 is 39.5 Å².